The quantitative estimate of drug-likeness (QED) is 0.744. The molecule has 3 N–H and O–H groups in total. The van der Waals surface area contributed by atoms with Crippen molar-refractivity contribution in [2.45, 2.75) is 6.42 Å². The van der Waals surface area contributed by atoms with E-state index in [1.54, 1.807) is 24.3 Å². The Balaban J connectivity index is 0.00000200. The number of benzene rings is 1. The molecule has 110 valence electrons. The zero-order valence-corrected chi connectivity index (χ0v) is 12.0. The molecule has 0 aliphatic carbocycles. The Hall–Kier alpha value is -1.59. The van der Waals surface area contributed by atoms with Gasteiger partial charge < -0.3 is 16.0 Å². The molecule has 2 rings (SSSR count). The van der Waals surface area contributed by atoms with Crippen molar-refractivity contribution >= 4 is 24.2 Å². The van der Waals surface area contributed by atoms with Crippen molar-refractivity contribution in [2.24, 2.45) is 5.92 Å². The lowest BCUT2D eigenvalue weighted by Gasteiger charge is -2.10. The molecule has 1 aliphatic rings. The predicted molar refractivity (Wildman–Crippen MR) is 80.0 cm³/mol. The molecule has 1 fully saturated rings. The van der Waals surface area contributed by atoms with Gasteiger partial charge in [0.1, 0.15) is 0 Å². The molecule has 0 saturated carbocycles. The molecule has 0 aromatic heterocycles. The smallest absolute Gasteiger partial charge is 0.251 e. The molecule has 1 aromatic rings. The van der Waals surface area contributed by atoms with Crippen LogP contribution in [0.5, 0.6) is 0 Å². The van der Waals surface area contributed by atoms with Crippen molar-refractivity contribution in [3.63, 3.8) is 0 Å². The van der Waals surface area contributed by atoms with Crippen LogP contribution in [0.1, 0.15) is 16.8 Å². The van der Waals surface area contributed by atoms with E-state index >= 15 is 0 Å². The molecular formula is C14H20ClN3O2. The topological polar surface area (TPSA) is 70.2 Å². The number of carbonyl (C=O) groups is 2. The highest BCUT2D eigenvalue weighted by molar-refractivity contribution is 5.96. The minimum absolute atomic E-state index is 0. The van der Waals surface area contributed by atoms with Gasteiger partial charge in [-0.2, -0.15) is 0 Å². The van der Waals surface area contributed by atoms with Gasteiger partial charge in [-0.3, -0.25) is 9.59 Å². The lowest BCUT2D eigenvalue weighted by molar-refractivity contribution is -0.120. The van der Waals surface area contributed by atoms with Gasteiger partial charge in [0.2, 0.25) is 5.91 Å². The molecule has 5 nitrogen and oxygen atoms in total. The first-order valence-corrected chi connectivity index (χ1v) is 6.56. The van der Waals surface area contributed by atoms with Gasteiger partial charge in [0, 0.05) is 12.1 Å². The zero-order valence-electron chi connectivity index (χ0n) is 11.2. The number of hydrogen-bond acceptors (Lipinski definition) is 3. The molecule has 0 bridgehead atoms. The summed E-state index contributed by atoms with van der Waals surface area (Å²) in [6, 6.07) is 8.87. The van der Waals surface area contributed by atoms with Crippen LogP contribution in [0.3, 0.4) is 0 Å². The van der Waals surface area contributed by atoms with Gasteiger partial charge in [0.15, 0.2) is 0 Å². The SMILES string of the molecule is Cl.O=C(CNC(=O)c1ccccc1)NCC1CCNC1. The molecule has 0 radical (unpaired) electrons. The van der Waals surface area contributed by atoms with Crippen LogP contribution in [0.15, 0.2) is 30.3 Å². The number of amides is 2. The fourth-order valence-electron chi connectivity index (χ4n) is 2.06. The fourth-order valence-corrected chi connectivity index (χ4v) is 2.06. The van der Waals surface area contributed by atoms with Crippen molar-refractivity contribution in [2.75, 3.05) is 26.2 Å². The minimum Gasteiger partial charge on any atom is -0.354 e. The Labute approximate surface area is 124 Å². The summed E-state index contributed by atoms with van der Waals surface area (Å²) < 4.78 is 0. The first-order valence-electron chi connectivity index (χ1n) is 6.56. The van der Waals surface area contributed by atoms with Crippen LogP contribution in [0.2, 0.25) is 0 Å². The first-order chi connectivity index (χ1) is 9.25. The second-order valence-electron chi connectivity index (χ2n) is 4.71. The van der Waals surface area contributed by atoms with Crippen LogP contribution < -0.4 is 16.0 Å². The molecule has 0 spiro atoms. The molecule has 1 aromatic carbocycles. The fraction of sp³-hybridized carbons (Fsp3) is 0.429. The van der Waals surface area contributed by atoms with E-state index in [4.69, 9.17) is 0 Å². The van der Waals surface area contributed by atoms with Gasteiger partial charge in [-0.05, 0) is 37.6 Å². The van der Waals surface area contributed by atoms with E-state index in [1.807, 2.05) is 6.07 Å². The molecule has 1 heterocycles. The monoisotopic (exact) mass is 297 g/mol. The van der Waals surface area contributed by atoms with Gasteiger partial charge in [-0.1, -0.05) is 18.2 Å². The van der Waals surface area contributed by atoms with E-state index in [0.717, 1.165) is 19.5 Å². The summed E-state index contributed by atoms with van der Waals surface area (Å²) in [6.07, 6.45) is 1.09. The van der Waals surface area contributed by atoms with Gasteiger partial charge in [-0.15, -0.1) is 12.4 Å². The van der Waals surface area contributed by atoms with E-state index in [-0.39, 0.29) is 30.8 Å². The second-order valence-corrected chi connectivity index (χ2v) is 4.71. The Kier molecular flexibility index (Phi) is 7.04. The predicted octanol–water partition coefficient (Wildman–Crippen LogP) is 0.564. The van der Waals surface area contributed by atoms with E-state index in [9.17, 15) is 9.59 Å². The van der Waals surface area contributed by atoms with Crippen LogP contribution in [0, 0.1) is 5.92 Å². The third kappa shape index (κ3) is 5.19. The van der Waals surface area contributed by atoms with Crippen molar-refractivity contribution < 1.29 is 9.59 Å². The number of halogens is 1. The molecule has 6 heteroatoms. The maximum Gasteiger partial charge on any atom is 0.251 e. The highest BCUT2D eigenvalue weighted by atomic mass is 35.5. The Morgan fingerprint density at radius 1 is 1.20 bits per heavy atom. The van der Waals surface area contributed by atoms with Gasteiger partial charge >= 0.3 is 0 Å². The maximum absolute atomic E-state index is 11.7. The second kappa shape index (κ2) is 8.55. The van der Waals surface area contributed by atoms with E-state index < -0.39 is 0 Å². The molecule has 1 unspecified atom stereocenters. The standard InChI is InChI=1S/C14H19N3O2.ClH/c18-13(16-9-11-6-7-15-8-11)10-17-14(19)12-4-2-1-3-5-12;/h1-5,11,15H,6-10H2,(H,16,18)(H,17,19);1H. The summed E-state index contributed by atoms with van der Waals surface area (Å²) in [6.45, 7) is 2.67. The van der Waals surface area contributed by atoms with Crippen molar-refractivity contribution in [1.29, 1.82) is 0 Å². The third-order valence-corrected chi connectivity index (χ3v) is 3.20. The summed E-state index contributed by atoms with van der Waals surface area (Å²) in [7, 11) is 0. The van der Waals surface area contributed by atoms with Crippen molar-refractivity contribution in [3.8, 4) is 0 Å². The highest BCUT2D eigenvalue weighted by Crippen LogP contribution is 2.04. The minimum atomic E-state index is -0.224. The van der Waals surface area contributed by atoms with E-state index in [1.165, 1.54) is 0 Å². The Bertz CT molecular complexity index is 433. The molecule has 20 heavy (non-hydrogen) atoms. The van der Waals surface area contributed by atoms with E-state index in [0.29, 0.717) is 18.0 Å². The summed E-state index contributed by atoms with van der Waals surface area (Å²) >= 11 is 0. The lowest BCUT2D eigenvalue weighted by Crippen LogP contribution is -2.39. The lowest BCUT2D eigenvalue weighted by atomic mass is 10.1. The van der Waals surface area contributed by atoms with Gasteiger partial charge in [0.05, 0.1) is 6.54 Å². The summed E-state index contributed by atoms with van der Waals surface area (Å²) in [5.74, 6) is 0.142. The average Bonchev–Trinajstić information content (AvgIpc) is 2.96. The summed E-state index contributed by atoms with van der Waals surface area (Å²) in [5.41, 5.74) is 0.565. The molecule has 1 saturated heterocycles. The molecule has 1 aliphatic heterocycles. The van der Waals surface area contributed by atoms with Crippen LogP contribution in [-0.2, 0) is 4.79 Å². The van der Waals surface area contributed by atoms with Gasteiger partial charge in [-0.25, -0.2) is 0 Å². The molecular weight excluding hydrogens is 278 g/mol. The average molecular weight is 298 g/mol. The first kappa shape index (κ1) is 16.5. The maximum atomic E-state index is 11.7. The summed E-state index contributed by atoms with van der Waals surface area (Å²) in [5, 5.41) is 8.69. The third-order valence-electron chi connectivity index (χ3n) is 3.20. The number of hydrogen-bond donors (Lipinski definition) is 3. The highest BCUT2D eigenvalue weighted by Gasteiger charge is 2.15. The Morgan fingerprint density at radius 2 is 1.95 bits per heavy atom. The normalized spacial score (nSPS) is 17.1. The Morgan fingerprint density at radius 3 is 2.60 bits per heavy atom. The van der Waals surface area contributed by atoms with Gasteiger partial charge in [0.25, 0.3) is 5.91 Å². The van der Waals surface area contributed by atoms with Crippen molar-refractivity contribution in [1.82, 2.24) is 16.0 Å². The number of rotatable bonds is 5. The van der Waals surface area contributed by atoms with Crippen LogP contribution in [0.4, 0.5) is 0 Å². The summed E-state index contributed by atoms with van der Waals surface area (Å²) in [4.78, 5) is 23.3. The molecule has 2 amide bonds. The molecule has 1 atom stereocenters. The van der Waals surface area contributed by atoms with Crippen molar-refractivity contribution in [3.05, 3.63) is 35.9 Å². The zero-order chi connectivity index (χ0) is 13.5. The van der Waals surface area contributed by atoms with Crippen LogP contribution in [0.25, 0.3) is 0 Å². The van der Waals surface area contributed by atoms with Crippen LogP contribution in [-0.4, -0.2) is 38.0 Å². The number of carbonyl (C=O) groups excluding carboxylic acids is 2. The van der Waals surface area contributed by atoms with E-state index in [2.05, 4.69) is 16.0 Å². The largest absolute Gasteiger partial charge is 0.354 e. The van der Waals surface area contributed by atoms with Crippen LogP contribution >= 0.6 is 12.4 Å². The number of nitrogens with one attached hydrogen (secondary N) is 3.